The van der Waals surface area contributed by atoms with Crippen molar-refractivity contribution in [2.45, 2.75) is 20.3 Å². The highest BCUT2D eigenvalue weighted by molar-refractivity contribution is 6.04. The van der Waals surface area contributed by atoms with Gasteiger partial charge >= 0.3 is 0 Å². The summed E-state index contributed by atoms with van der Waals surface area (Å²) in [5.41, 5.74) is 2.51. The molecule has 1 heterocycles. The highest BCUT2D eigenvalue weighted by Gasteiger charge is 2.07. The van der Waals surface area contributed by atoms with Gasteiger partial charge in [-0.05, 0) is 43.2 Å². The number of carbonyl (C=O) groups excluding carboxylic acids is 1. The normalized spacial score (nSPS) is 10.1. The minimum absolute atomic E-state index is 0.127. The van der Waals surface area contributed by atoms with Crippen molar-refractivity contribution in [3.63, 3.8) is 0 Å². The van der Waals surface area contributed by atoms with E-state index in [4.69, 9.17) is 0 Å². The molecule has 2 rings (SSSR count). The zero-order valence-corrected chi connectivity index (χ0v) is 11.8. The molecule has 0 aliphatic heterocycles. The van der Waals surface area contributed by atoms with E-state index in [1.54, 1.807) is 18.3 Å². The highest BCUT2D eigenvalue weighted by atomic mass is 16.1. The first-order valence-corrected chi connectivity index (χ1v) is 6.77. The summed E-state index contributed by atoms with van der Waals surface area (Å²) in [4.78, 5) is 16.4. The lowest BCUT2D eigenvalue weighted by atomic mass is 10.2. The van der Waals surface area contributed by atoms with Crippen LogP contribution in [0.2, 0.25) is 0 Å². The van der Waals surface area contributed by atoms with Crippen molar-refractivity contribution >= 4 is 17.4 Å². The number of nitrogens with zero attached hydrogens (tertiary/aromatic N) is 1. The maximum atomic E-state index is 12.2. The van der Waals surface area contributed by atoms with Crippen LogP contribution in [0.4, 0.5) is 11.5 Å². The number of nitrogens with one attached hydrogen (secondary N) is 2. The second-order valence-corrected chi connectivity index (χ2v) is 4.68. The summed E-state index contributed by atoms with van der Waals surface area (Å²) in [5.74, 6) is 0.598. The van der Waals surface area contributed by atoms with E-state index in [1.165, 1.54) is 0 Å². The number of amides is 1. The van der Waals surface area contributed by atoms with Gasteiger partial charge in [-0.3, -0.25) is 4.79 Å². The van der Waals surface area contributed by atoms with Gasteiger partial charge in [0.2, 0.25) is 0 Å². The van der Waals surface area contributed by atoms with Gasteiger partial charge in [-0.15, -0.1) is 0 Å². The number of anilines is 2. The fourth-order valence-corrected chi connectivity index (χ4v) is 1.85. The molecular formula is C16H19N3O. The van der Waals surface area contributed by atoms with Crippen LogP contribution in [0.1, 0.15) is 29.3 Å². The standard InChI is InChI=1S/C16H19N3O/c1-3-8-17-15-11-13(7-9-18-15)16(20)19-14-6-4-5-12(2)10-14/h4-7,9-11H,3,8H2,1-2H3,(H,17,18)(H,19,20). The van der Waals surface area contributed by atoms with Crippen LogP contribution in [-0.2, 0) is 0 Å². The van der Waals surface area contributed by atoms with Gasteiger partial charge in [0.25, 0.3) is 5.91 Å². The molecule has 0 atom stereocenters. The third kappa shape index (κ3) is 3.82. The number of aryl methyl sites for hydroxylation is 1. The molecule has 0 fully saturated rings. The predicted octanol–water partition coefficient (Wildman–Crippen LogP) is 3.46. The molecule has 104 valence electrons. The van der Waals surface area contributed by atoms with Gasteiger partial charge in [0.1, 0.15) is 5.82 Å². The Hall–Kier alpha value is -2.36. The van der Waals surface area contributed by atoms with Crippen molar-refractivity contribution in [1.82, 2.24) is 4.98 Å². The van der Waals surface area contributed by atoms with Gasteiger partial charge < -0.3 is 10.6 Å². The lowest BCUT2D eigenvalue weighted by Crippen LogP contribution is -2.13. The van der Waals surface area contributed by atoms with Crippen LogP contribution in [-0.4, -0.2) is 17.4 Å². The van der Waals surface area contributed by atoms with E-state index in [2.05, 4.69) is 22.5 Å². The molecule has 4 heteroatoms. The van der Waals surface area contributed by atoms with Gasteiger partial charge in [-0.2, -0.15) is 0 Å². The molecular weight excluding hydrogens is 250 g/mol. The minimum atomic E-state index is -0.127. The Morgan fingerprint density at radius 1 is 1.25 bits per heavy atom. The van der Waals surface area contributed by atoms with Crippen LogP contribution in [0.15, 0.2) is 42.6 Å². The Morgan fingerprint density at radius 2 is 2.10 bits per heavy atom. The lowest BCUT2D eigenvalue weighted by molar-refractivity contribution is 0.102. The maximum absolute atomic E-state index is 12.2. The molecule has 1 amide bonds. The quantitative estimate of drug-likeness (QED) is 0.874. The average Bonchev–Trinajstić information content (AvgIpc) is 2.45. The Bertz CT molecular complexity index is 596. The highest BCUT2D eigenvalue weighted by Crippen LogP contribution is 2.13. The lowest BCUT2D eigenvalue weighted by Gasteiger charge is -2.08. The summed E-state index contributed by atoms with van der Waals surface area (Å²) in [5, 5.41) is 6.06. The van der Waals surface area contributed by atoms with E-state index in [-0.39, 0.29) is 5.91 Å². The van der Waals surface area contributed by atoms with Gasteiger partial charge in [-0.25, -0.2) is 4.98 Å². The third-order valence-corrected chi connectivity index (χ3v) is 2.85. The van der Waals surface area contributed by atoms with Gasteiger partial charge in [0, 0.05) is 24.0 Å². The summed E-state index contributed by atoms with van der Waals surface area (Å²) in [6.07, 6.45) is 2.66. The fraction of sp³-hybridized carbons (Fsp3) is 0.250. The van der Waals surface area contributed by atoms with Crippen molar-refractivity contribution in [2.75, 3.05) is 17.2 Å². The summed E-state index contributed by atoms with van der Waals surface area (Å²) in [6.45, 7) is 4.92. The Balaban J connectivity index is 2.09. The van der Waals surface area contributed by atoms with E-state index >= 15 is 0 Å². The summed E-state index contributed by atoms with van der Waals surface area (Å²) < 4.78 is 0. The van der Waals surface area contributed by atoms with E-state index in [0.29, 0.717) is 5.56 Å². The largest absolute Gasteiger partial charge is 0.370 e. The number of hydrogen-bond donors (Lipinski definition) is 2. The monoisotopic (exact) mass is 269 g/mol. The molecule has 0 spiro atoms. The minimum Gasteiger partial charge on any atom is -0.370 e. The molecule has 0 saturated heterocycles. The Kier molecular flexibility index (Phi) is 4.71. The molecule has 0 radical (unpaired) electrons. The first-order valence-electron chi connectivity index (χ1n) is 6.77. The molecule has 1 aromatic carbocycles. The molecule has 1 aromatic heterocycles. The number of pyridine rings is 1. The van der Waals surface area contributed by atoms with Gasteiger partial charge in [0.15, 0.2) is 0 Å². The van der Waals surface area contributed by atoms with Crippen LogP contribution in [0.25, 0.3) is 0 Å². The van der Waals surface area contributed by atoms with E-state index < -0.39 is 0 Å². The van der Waals surface area contributed by atoms with E-state index in [1.807, 2.05) is 31.2 Å². The Labute approximate surface area is 119 Å². The predicted molar refractivity (Wildman–Crippen MR) is 82.1 cm³/mol. The zero-order chi connectivity index (χ0) is 14.4. The third-order valence-electron chi connectivity index (χ3n) is 2.85. The number of hydrogen-bond acceptors (Lipinski definition) is 3. The second kappa shape index (κ2) is 6.70. The molecule has 0 aliphatic rings. The van der Waals surface area contributed by atoms with Crippen molar-refractivity contribution in [3.8, 4) is 0 Å². The molecule has 2 N–H and O–H groups in total. The molecule has 2 aromatic rings. The molecule has 4 nitrogen and oxygen atoms in total. The van der Waals surface area contributed by atoms with Crippen LogP contribution < -0.4 is 10.6 Å². The topological polar surface area (TPSA) is 54.0 Å². The number of carbonyl (C=O) groups is 1. The average molecular weight is 269 g/mol. The van der Waals surface area contributed by atoms with Crippen LogP contribution in [0.3, 0.4) is 0 Å². The van der Waals surface area contributed by atoms with Crippen molar-refractivity contribution in [1.29, 1.82) is 0 Å². The van der Waals surface area contributed by atoms with E-state index in [0.717, 1.165) is 30.0 Å². The number of rotatable bonds is 5. The van der Waals surface area contributed by atoms with Crippen molar-refractivity contribution in [3.05, 3.63) is 53.7 Å². The van der Waals surface area contributed by atoms with Crippen molar-refractivity contribution in [2.24, 2.45) is 0 Å². The summed E-state index contributed by atoms with van der Waals surface area (Å²) in [7, 11) is 0. The van der Waals surface area contributed by atoms with Gasteiger partial charge in [0.05, 0.1) is 0 Å². The smallest absolute Gasteiger partial charge is 0.255 e. The maximum Gasteiger partial charge on any atom is 0.255 e. The van der Waals surface area contributed by atoms with Crippen LogP contribution in [0, 0.1) is 6.92 Å². The van der Waals surface area contributed by atoms with E-state index in [9.17, 15) is 4.79 Å². The van der Waals surface area contributed by atoms with Gasteiger partial charge in [-0.1, -0.05) is 19.1 Å². The second-order valence-electron chi connectivity index (χ2n) is 4.68. The Morgan fingerprint density at radius 3 is 2.85 bits per heavy atom. The van der Waals surface area contributed by atoms with Crippen LogP contribution in [0.5, 0.6) is 0 Å². The summed E-state index contributed by atoms with van der Waals surface area (Å²) in [6, 6.07) is 11.2. The first kappa shape index (κ1) is 14.1. The first-order chi connectivity index (χ1) is 9.69. The molecule has 0 saturated carbocycles. The fourth-order valence-electron chi connectivity index (χ4n) is 1.85. The zero-order valence-electron chi connectivity index (χ0n) is 11.8. The molecule has 0 bridgehead atoms. The molecule has 0 unspecified atom stereocenters. The van der Waals surface area contributed by atoms with Crippen molar-refractivity contribution < 1.29 is 4.79 Å². The molecule has 20 heavy (non-hydrogen) atoms. The molecule has 0 aliphatic carbocycles. The summed E-state index contributed by atoms with van der Waals surface area (Å²) >= 11 is 0. The number of benzene rings is 1. The number of aromatic nitrogens is 1. The van der Waals surface area contributed by atoms with Crippen LogP contribution >= 0.6 is 0 Å². The SMILES string of the molecule is CCCNc1cc(C(=O)Nc2cccc(C)c2)ccn1.